The van der Waals surface area contributed by atoms with Crippen LogP contribution in [0.15, 0.2) is 35.5 Å². The molecular formula is C15H17N3O3. The van der Waals surface area contributed by atoms with Gasteiger partial charge in [-0.3, -0.25) is 9.78 Å². The molecule has 0 aromatic carbocycles. The van der Waals surface area contributed by atoms with Crippen LogP contribution in [0.25, 0.3) is 5.69 Å². The Balaban J connectivity index is 2.63. The maximum atomic E-state index is 12.3. The maximum Gasteiger partial charge on any atom is 0.362 e. The Morgan fingerprint density at radius 2 is 2.19 bits per heavy atom. The van der Waals surface area contributed by atoms with E-state index >= 15 is 0 Å². The standard InChI is InChI=1S/C15H17N3O3/c1-4-21-15(20)13-14(19)12(10(2)3)9-18(17-13)11-6-5-7-16-8-11/h5-10H,4H2,1-3H3. The van der Waals surface area contributed by atoms with Crippen LogP contribution >= 0.6 is 0 Å². The number of aromatic nitrogens is 3. The van der Waals surface area contributed by atoms with Crippen molar-refractivity contribution < 1.29 is 9.53 Å². The molecule has 21 heavy (non-hydrogen) atoms. The van der Waals surface area contributed by atoms with Crippen molar-refractivity contribution in [1.29, 1.82) is 0 Å². The molecule has 0 bridgehead atoms. The van der Waals surface area contributed by atoms with Gasteiger partial charge < -0.3 is 4.74 Å². The molecule has 6 heteroatoms. The van der Waals surface area contributed by atoms with Crippen LogP contribution in [-0.4, -0.2) is 27.3 Å². The lowest BCUT2D eigenvalue weighted by Crippen LogP contribution is -2.26. The summed E-state index contributed by atoms with van der Waals surface area (Å²) in [5.74, 6) is -0.737. The minimum atomic E-state index is -0.706. The minimum absolute atomic E-state index is 0.0309. The molecule has 0 unspecified atom stereocenters. The third kappa shape index (κ3) is 3.16. The fourth-order valence-electron chi connectivity index (χ4n) is 1.87. The molecule has 0 fully saturated rings. The van der Waals surface area contributed by atoms with Crippen molar-refractivity contribution in [1.82, 2.24) is 14.8 Å². The third-order valence-corrected chi connectivity index (χ3v) is 2.95. The van der Waals surface area contributed by atoms with E-state index < -0.39 is 5.97 Å². The highest BCUT2D eigenvalue weighted by molar-refractivity contribution is 5.87. The third-order valence-electron chi connectivity index (χ3n) is 2.95. The fraction of sp³-hybridized carbons (Fsp3) is 0.333. The van der Waals surface area contributed by atoms with Crippen LogP contribution in [0, 0.1) is 0 Å². The van der Waals surface area contributed by atoms with E-state index in [1.807, 2.05) is 13.8 Å². The highest BCUT2D eigenvalue weighted by Gasteiger charge is 2.19. The van der Waals surface area contributed by atoms with Crippen molar-refractivity contribution in [2.24, 2.45) is 0 Å². The maximum absolute atomic E-state index is 12.3. The molecule has 0 N–H and O–H groups in total. The van der Waals surface area contributed by atoms with Crippen LogP contribution in [0.5, 0.6) is 0 Å². The molecule has 2 aromatic heterocycles. The predicted molar refractivity (Wildman–Crippen MR) is 77.7 cm³/mol. The van der Waals surface area contributed by atoms with Gasteiger partial charge in [-0.2, -0.15) is 5.10 Å². The Morgan fingerprint density at radius 1 is 1.43 bits per heavy atom. The summed E-state index contributed by atoms with van der Waals surface area (Å²) in [6.07, 6.45) is 4.88. The second-order valence-corrected chi connectivity index (χ2v) is 4.79. The molecule has 0 aliphatic carbocycles. The van der Waals surface area contributed by atoms with E-state index in [-0.39, 0.29) is 23.6 Å². The lowest BCUT2D eigenvalue weighted by Gasteiger charge is -2.12. The monoisotopic (exact) mass is 287 g/mol. The first-order valence-corrected chi connectivity index (χ1v) is 6.76. The molecule has 0 saturated heterocycles. The van der Waals surface area contributed by atoms with Gasteiger partial charge in [-0.05, 0) is 25.0 Å². The lowest BCUT2D eigenvalue weighted by atomic mass is 10.0. The van der Waals surface area contributed by atoms with Gasteiger partial charge in [0.2, 0.25) is 11.1 Å². The molecule has 0 atom stereocenters. The van der Waals surface area contributed by atoms with Crippen LogP contribution in [0.1, 0.15) is 42.7 Å². The zero-order valence-electron chi connectivity index (χ0n) is 12.2. The van der Waals surface area contributed by atoms with E-state index in [1.165, 1.54) is 4.68 Å². The van der Waals surface area contributed by atoms with Crippen LogP contribution < -0.4 is 5.43 Å². The van der Waals surface area contributed by atoms with Crippen molar-refractivity contribution in [2.45, 2.75) is 26.7 Å². The number of rotatable bonds is 4. The van der Waals surface area contributed by atoms with E-state index in [1.54, 1.807) is 37.6 Å². The zero-order valence-corrected chi connectivity index (χ0v) is 12.2. The van der Waals surface area contributed by atoms with Crippen LogP contribution in [-0.2, 0) is 4.74 Å². The summed E-state index contributed by atoms with van der Waals surface area (Å²) in [7, 11) is 0. The number of nitrogens with zero attached hydrogens (tertiary/aromatic N) is 3. The largest absolute Gasteiger partial charge is 0.461 e. The summed E-state index contributed by atoms with van der Waals surface area (Å²) < 4.78 is 6.39. The quantitative estimate of drug-likeness (QED) is 0.803. The first-order chi connectivity index (χ1) is 10.0. The van der Waals surface area contributed by atoms with Gasteiger partial charge in [-0.15, -0.1) is 0 Å². The predicted octanol–water partition coefficient (Wildman–Crippen LogP) is 1.93. The number of esters is 1. The average Bonchev–Trinajstić information content (AvgIpc) is 2.48. The van der Waals surface area contributed by atoms with E-state index in [2.05, 4.69) is 10.1 Å². The summed E-state index contributed by atoms with van der Waals surface area (Å²) in [6, 6.07) is 3.55. The average molecular weight is 287 g/mol. The van der Waals surface area contributed by atoms with Crippen LogP contribution in [0.2, 0.25) is 0 Å². The first-order valence-electron chi connectivity index (χ1n) is 6.76. The number of ether oxygens (including phenoxy) is 1. The van der Waals surface area contributed by atoms with Gasteiger partial charge in [0.05, 0.1) is 18.5 Å². The topological polar surface area (TPSA) is 74.1 Å². The molecule has 110 valence electrons. The van der Waals surface area contributed by atoms with Crippen molar-refractivity contribution in [3.63, 3.8) is 0 Å². The number of hydrogen-bond acceptors (Lipinski definition) is 5. The van der Waals surface area contributed by atoms with Crippen molar-refractivity contribution >= 4 is 5.97 Å². The summed E-state index contributed by atoms with van der Waals surface area (Å²) in [4.78, 5) is 28.2. The second-order valence-electron chi connectivity index (χ2n) is 4.79. The summed E-state index contributed by atoms with van der Waals surface area (Å²) in [5, 5.41) is 4.09. The van der Waals surface area contributed by atoms with Gasteiger partial charge >= 0.3 is 5.97 Å². The van der Waals surface area contributed by atoms with Gasteiger partial charge in [0.15, 0.2) is 0 Å². The highest BCUT2D eigenvalue weighted by Crippen LogP contribution is 2.12. The molecule has 0 radical (unpaired) electrons. The van der Waals surface area contributed by atoms with Crippen LogP contribution in [0.4, 0.5) is 0 Å². The summed E-state index contributed by atoms with van der Waals surface area (Å²) >= 11 is 0. The number of pyridine rings is 1. The van der Waals surface area contributed by atoms with Crippen molar-refractivity contribution in [2.75, 3.05) is 6.61 Å². The Morgan fingerprint density at radius 3 is 2.76 bits per heavy atom. The summed E-state index contributed by atoms with van der Waals surface area (Å²) in [6.45, 7) is 5.65. The molecule has 6 nitrogen and oxygen atoms in total. The lowest BCUT2D eigenvalue weighted by molar-refractivity contribution is 0.0515. The van der Waals surface area contributed by atoms with Gasteiger partial charge in [-0.1, -0.05) is 13.8 Å². The Kier molecular flexibility index (Phi) is 4.47. The van der Waals surface area contributed by atoms with E-state index in [9.17, 15) is 9.59 Å². The first kappa shape index (κ1) is 14.9. The van der Waals surface area contributed by atoms with Gasteiger partial charge in [0, 0.05) is 18.0 Å². The zero-order chi connectivity index (χ0) is 15.4. The molecule has 0 amide bonds. The Labute approximate surface area is 122 Å². The number of hydrogen-bond donors (Lipinski definition) is 0. The number of carbonyl (C=O) groups excluding carboxylic acids is 1. The van der Waals surface area contributed by atoms with Crippen molar-refractivity contribution in [3.8, 4) is 5.69 Å². The van der Waals surface area contributed by atoms with Crippen LogP contribution in [0.3, 0.4) is 0 Å². The van der Waals surface area contributed by atoms with Gasteiger partial charge in [-0.25, -0.2) is 9.48 Å². The number of carbonyl (C=O) groups is 1. The van der Waals surface area contributed by atoms with Gasteiger partial charge in [0.1, 0.15) is 0 Å². The molecular weight excluding hydrogens is 270 g/mol. The normalized spacial score (nSPS) is 10.7. The Bertz CT molecular complexity index is 693. The molecule has 2 aromatic rings. The van der Waals surface area contributed by atoms with E-state index in [0.717, 1.165) is 0 Å². The Hall–Kier alpha value is -2.50. The highest BCUT2D eigenvalue weighted by atomic mass is 16.5. The van der Waals surface area contributed by atoms with Gasteiger partial charge in [0.25, 0.3) is 0 Å². The molecule has 0 saturated carbocycles. The van der Waals surface area contributed by atoms with Crippen molar-refractivity contribution in [3.05, 3.63) is 52.2 Å². The summed E-state index contributed by atoms with van der Waals surface area (Å²) in [5.41, 5.74) is 0.595. The second kappa shape index (κ2) is 6.30. The SMILES string of the molecule is CCOC(=O)c1nn(-c2cccnc2)cc(C(C)C)c1=O. The molecule has 0 aliphatic heterocycles. The molecule has 0 aliphatic rings. The molecule has 0 spiro atoms. The molecule has 2 heterocycles. The van der Waals surface area contributed by atoms with E-state index in [4.69, 9.17) is 4.74 Å². The molecule has 2 rings (SSSR count). The van der Waals surface area contributed by atoms with E-state index in [0.29, 0.717) is 11.3 Å². The smallest absolute Gasteiger partial charge is 0.362 e. The fourth-order valence-corrected chi connectivity index (χ4v) is 1.87. The minimum Gasteiger partial charge on any atom is -0.461 e.